The number of fused-ring (bicyclic) bond motifs is 1. The number of thioether (sulfide) groups is 1. The Morgan fingerprint density at radius 2 is 2.67 bits per heavy atom. The summed E-state index contributed by atoms with van der Waals surface area (Å²) in [6.07, 6.45) is 0.735. The number of allylic oxidation sites excluding steroid dienone is 1. The van der Waals surface area contributed by atoms with E-state index in [1.807, 2.05) is 11.8 Å². The van der Waals surface area contributed by atoms with Crippen molar-refractivity contribution in [3.05, 3.63) is 11.1 Å². The molecule has 0 unspecified atom stereocenters. The smallest absolute Gasteiger partial charge is 0.230 e. The average Bonchev–Trinajstić information content (AvgIpc) is 2.04. The second-order valence-electron chi connectivity index (χ2n) is 2.32. The molecule has 1 amide bonds. The molecule has 9 heavy (non-hydrogen) atoms. The second-order valence-corrected chi connectivity index (χ2v) is 3.37. The van der Waals surface area contributed by atoms with Crippen molar-refractivity contribution in [1.29, 1.82) is 0 Å². The van der Waals surface area contributed by atoms with Crippen LogP contribution in [0.4, 0.5) is 0 Å². The first-order valence-electron chi connectivity index (χ1n) is 2.93. The van der Waals surface area contributed by atoms with Crippen LogP contribution in [0.3, 0.4) is 0 Å². The lowest BCUT2D eigenvalue weighted by atomic mass is 10.2. The van der Waals surface area contributed by atoms with E-state index in [9.17, 15) is 4.79 Å². The molecule has 2 heterocycles. The number of hydrogen-bond acceptors (Lipinski definition) is 2. The third kappa shape index (κ3) is 0.553. The number of carbonyl (C=O) groups is 1. The van der Waals surface area contributed by atoms with Gasteiger partial charge in [-0.1, -0.05) is 0 Å². The van der Waals surface area contributed by atoms with Crippen molar-refractivity contribution in [2.24, 2.45) is 0 Å². The van der Waals surface area contributed by atoms with Gasteiger partial charge >= 0.3 is 0 Å². The van der Waals surface area contributed by atoms with Gasteiger partial charge in [-0.05, 0) is 12.3 Å². The van der Waals surface area contributed by atoms with Crippen LogP contribution in [0, 0.1) is 0 Å². The Hall–Kier alpha value is -0.440. The van der Waals surface area contributed by atoms with Gasteiger partial charge in [0.1, 0.15) is 0 Å². The van der Waals surface area contributed by atoms with Gasteiger partial charge in [0, 0.05) is 5.70 Å². The molecule has 0 radical (unpaired) electrons. The molecule has 3 heteroatoms. The van der Waals surface area contributed by atoms with Gasteiger partial charge in [0.15, 0.2) is 0 Å². The Bertz CT molecular complexity index is 199. The van der Waals surface area contributed by atoms with Gasteiger partial charge in [-0.2, -0.15) is 0 Å². The minimum absolute atomic E-state index is 0.277. The summed E-state index contributed by atoms with van der Waals surface area (Å²) < 4.78 is 0. The monoisotopic (exact) mass is 141 g/mol. The van der Waals surface area contributed by atoms with E-state index < -0.39 is 0 Å². The molecule has 0 aromatic carbocycles. The first-order valence-corrected chi connectivity index (χ1v) is 3.87. The van der Waals surface area contributed by atoms with Gasteiger partial charge in [0.2, 0.25) is 5.91 Å². The summed E-state index contributed by atoms with van der Waals surface area (Å²) in [6, 6.07) is 0. The van der Waals surface area contributed by atoms with Crippen LogP contribution < -0.4 is 0 Å². The normalized spacial score (nSPS) is 31.7. The number of hydrogen-bond donors (Lipinski definition) is 0. The summed E-state index contributed by atoms with van der Waals surface area (Å²) >= 11 is 1.75. The molecular formula is C6H7NOS. The van der Waals surface area contributed by atoms with Gasteiger partial charge in [0.25, 0.3) is 0 Å². The number of carbonyl (C=O) groups excluding carboxylic acids is 1. The summed E-state index contributed by atoms with van der Waals surface area (Å²) in [5.41, 5.74) is 1.11. The first-order chi connectivity index (χ1) is 4.29. The summed E-state index contributed by atoms with van der Waals surface area (Å²) in [5, 5.41) is 2.51. The van der Waals surface area contributed by atoms with Crippen LogP contribution in [-0.2, 0) is 4.79 Å². The van der Waals surface area contributed by atoms with E-state index in [-0.39, 0.29) is 5.91 Å². The van der Waals surface area contributed by atoms with E-state index in [4.69, 9.17) is 0 Å². The molecule has 1 saturated heterocycles. The van der Waals surface area contributed by atoms with E-state index in [0.717, 1.165) is 12.1 Å². The van der Waals surface area contributed by atoms with Crippen LogP contribution in [0.15, 0.2) is 11.1 Å². The van der Waals surface area contributed by atoms with Crippen molar-refractivity contribution < 1.29 is 4.79 Å². The lowest BCUT2D eigenvalue weighted by Crippen LogP contribution is -2.46. The van der Waals surface area contributed by atoms with Crippen molar-refractivity contribution in [3.63, 3.8) is 0 Å². The Labute approximate surface area is 57.9 Å². The Morgan fingerprint density at radius 1 is 1.89 bits per heavy atom. The van der Waals surface area contributed by atoms with E-state index in [2.05, 4.69) is 5.41 Å². The highest BCUT2D eigenvalue weighted by Gasteiger charge is 2.40. The van der Waals surface area contributed by atoms with Gasteiger partial charge in [0.05, 0.1) is 11.8 Å². The molecule has 1 fully saturated rings. The molecule has 2 aliphatic rings. The fourth-order valence-corrected chi connectivity index (χ4v) is 2.27. The summed E-state index contributed by atoms with van der Waals surface area (Å²) in [5.74, 6) is 0.277. The van der Waals surface area contributed by atoms with Crippen molar-refractivity contribution >= 4 is 17.7 Å². The zero-order chi connectivity index (χ0) is 6.43. The highest BCUT2D eigenvalue weighted by Crippen LogP contribution is 2.39. The van der Waals surface area contributed by atoms with E-state index in [0.29, 0.717) is 5.37 Å². The fraction of sp³-hybridized carbons (Fsp3) is 0.500. The van der Waals surface area contributed by atoms with Gasteiger partial charge < -0.3 is 4.90 Å². The molecule has 2 aliphatic heterocycles. The summed E-state index contributed by atoms with van der Waals surface area (Å²) in [6.45, 7) is 1.98. The lowest BCUT2D eigenvalue weighted by molar-refractivity contribution is -0.138. The molecule has 2 rings (SSSR count). The number of rotatable bonds is 0. The molecule has 0 spiro atoms. The molecule has 48 valence electrons. The summed E-state index contributed by atoms with van der Waals surface area (Å²) in [4.78, 5) is 12.6. The minimum atomic E-state index is 0.277. The number of amides is 1. The lowest BCUT2D eigenvalue weighted by Gasteiger charge is -2.34. The van der Waals surface area contributed by atoms with E-state index >= 15 is 0 Å². The van der Waals surface area contributed by atoms with Gasteiger partial charge in [-0.15, -0.1) is 11.8 Å². The molecule has 1 atom stereocenters. The molecule has 2 nitrogen and oxygen atoms in total. The van der Waals surface area contributed by atoms with Crippen LogP contribution >= 0.6 is 11.8 Å². The van der Waals surface area contributed by atoms with Gasteiger partial charge in [-0.25, -0.2) is 0 Å². The topological polar surface area (TPSA) is 20.3 Å². The minimum Gasteiger partial charge on any atom is -0.303 e. The maximum Gasteiger partial charge on any atom is 0.230 e. The van der Waals surface area contributed by atoms with Crippen molar-refractivity contribution in [3.8, 4) is 0 Å². The second kappa shape index (κ2) is 1.53. The zero-order valence-electron chi connectivity index (χ0n) is 5.13. The first kappa shape index (κ1) is 5.35. The molecule has 0 N–H and O–H groups in total. The fourth-order valence-electron chi connectivity index (χ4n) is 1.15. The summed E-state index contributed by atoms with van der Waals surface area (Å²) in [7, 11) is 0. The predicted octanol–water partition coefficient (Wildman–Crippen LogP) is 1.15. The zero-order valence-corrected chi connectivity index (χ0v) is 5.94. The van der Waals surface area contributed by atoms with Crippen LogP contribution in [-0.4, -0.2) is 16.2 Å². The third-order valence-electron chi connectivity index (χ3n) is 1.68. The largest absolute Gasteiger partial charge is 0.303 e. The van der Waals surface area contributed by atoms with E-state index in [1.165, 1.54) is 0 Å². The van der Waals surface area contributed by atoms with Crippen molar-refractivity contribution in [2.75, 3.05) is 0 Å². The molecule has 0 saturated carbocycles. The van der Waals surface area contributed by atoms with E-state index in [1.54, 1.807) is 11.8 Å². The molecule has 0 bridgehead atoms. The maximum atomic E-state index is 10.8. The predicted molar refractivity (Wildman–Crippen MR) is 36.6 cm³/mol. The van der Waals surface area contributed by atoms with Crippen LogP contribution in [0.1, 0.15) is 13.3 Å². The standard InChI is InChI=1S/C6H7NOS/c1-4-3-9-6-2-5(8)7(4)6/h3,6H,2H2,1H3/t6-/m1/s1. The quantitative estimate of drug-likeness (QED) is 0.472. The molecule has 0 aliphatic carbocycles. The number of β-lactam (4-membered cyclic amide) rings is 1. The van der Waals surface area contributed by atoms with Crippen molar-refractivity contribution in [1.82, 2.24) is 4.90 Å². The highest BCUT2D eigenvalue weighted by molar-refractivity contribution is 8.03. The Morgan fingerprint density at radius 3 is 3.11 bits per heavy atom. The Kier molecular flexibility index (Phi) is 0.913. The molecule has 0 aromatic rings. The van der Waals surface area contributed by atoms with Crippen LogP contribution in [0.25, 0.3) is 0 Å². The van der Waals surface area contributed by atoms with Crippen molar-refractivity contribution in [2.45, 2.75) is 18.7 Å². The van der Waals surface area contributed by atoms with Crippen LogP contribution in [0.2, 0.25) is 0 Å². The van der Waals surface area contributed by atoms with Gasteiger partial charge in [-0.3, -0.25) is 4.79 Å². The average molecular weight is 141 g/mol. The molecule has 0 aromatic heterocycles. The highest BCUT2D eigenvalue weighted by atomic mass is 32.2. The number of nitrogens with zero attached hydrogens (tertiary/aromatic N) is 1. The Balaban J connectivity index is 2.24. The maximum absolute atomic E-state index is 10.8. The van der Waals surface area contributed by atoms with Crippen LogP contribution in [0.5, 0.6) is 0 Å². The molecular weight excluding hydrogens is 134 g/mol. The SMILES string of the molecule is CC1=CS[C@@H]2CC(=O)N12. The third-order valence-corrected chi connectivity index (χ3v) is 2.85.